The van der Waals surface area contributed by atoms with Crippen molar-refractivity contribution in [2.75, 3.05) is 0 Å². The molecule has 1 rings (SSSR count). The number of hydrogen-bond donors (Lipinski definition) is 1. The van der Waals surface area contributed by atoms with Crippen LogP contribution in [0.4, 0.5) is 0 Å². The van der Waals surface area contributed by atoms with Gasteiger partial charge in [0.2, 0.25) is 0 Å². The zero-order valence-electron chi connectivity index (χ0n) is 6.16. The Morgan fingerprint density at radius 3 is 2.75 bits per heavy atom. The van der Waals surface area contributed by atoms with E-state index in [2.05, 4.69) is 15.9 Å². The van der Waals surface area contributed by atoms with Crippen LogP contribution in [-0.4, -0.2) is 0 Å². The standard InChI is InChI=1S/C7H7BrN2S.ClH/c8-7-2-1-6(11-7)5(10)3-4-9;/h1-2,5H,3,10H2;1H/t5-;/m0./s1. The van der Waals surface area contributed by atoms with E-state index in [1.54, 1.807) is 11.3 Å². The molecule has 0 bridgehead atoms. The Labute approximate surface area is 89.9 Å². The lowest BCUT2D eigenvalue weighted by Crippen LogP contribution is -2.06. The Morgan fingerprint density at radius 1 is 1.67 bits per heavy atom. The molecule has 1 heterocycles. The first-order valence-corrected chi connectivity index (χ1v) is 4.72. The van der Waals surface area contributed by atoms with Gasteiger partial charge in [-0.25, -0.2) is 0 Å². The van der Waals surface area contributed by atoms with E-state index >= 15 is 0 Å². The summed E-state index contributed by atoms with van der Waals surface area (Å²) in [7, 11) is 0. The summed E-state index contributed by atoms with van der Waals surface area (Å²) in [6.45, 7) is 0. The van der Waals surface area contributed by atoms with E-state index in [0.717, 1.165) is 8.66 Å². The van der Waals surface area contributed by atoms with E-state index in [4.69, 9.17) is 11.0 Å². The molecule has 0 fully saturated rings. The average Bonchev–Trinajstić information content (AvgIpc) is 2.36. The second kappa shape index (κ2) is 5.55. The third kappa shape index (κ3) is 3.11. The summed E-state index contributed by atoms with van der Waals surface area (Å²) < 4.78 is 1.06. The van der Waals surface area contributed by atoms with Gasteiger partial charge in [0.05, 0.1) is 22.3 Å². The quantitative estimate of drug-likeness (QED) is 0.896. The molecule has 12 heavy (non-hydrogen) atoms. The molecule has 0 aliphatic heterocycles. The van der Waals surface area contributed by atoms with Gasteiger partial charge in [-0.3, -0.25) is 0 Å². The molecule has 0 saturated heterocycles. The van der Waals surface area contributed by atoms with E-state index in [-0.39, 0.29) is 18.4 Å². The molecule has 0 spiro atoms. The van der Waals surface area contributed by atoms with Crippen LogP contribution >= 0.6 is 39.7 Å². The molecule has 0 aliphatic rings. The first kappa shape index (κ1) is 11.9. The second-order valence-electron chi connectivity index (χ2n) is 2.11. The molecule has 0 radical (unpaired) electrons. The molecule has 1 atom stereocenters. The highest BCUT2D eigenvalue weighted by Crippen LogP contribution is 2.27. The number of nitrogens with two attached hydrogens (primary N) is 1. The van der Waals surface area contributed by atoms with Gasteiger partial charge in [-0.15, -0.1) is 23.7 Å². The van der Waals surface area contributed by atoms with E-state index in [9.17, 15) is 0 Å². The largest absolute Gasteiger partial charge is 0.322 e. The Morgan fingerprint density at radius 2 is 2.33 bits per heavy atom. The maximum atomic E-state index is 8.37. The molecule has 2 N–H and O–H groups in total. The van der Waals surface area contributed by atoms with Crippen molar-refractivity contribution < 1.29 is 0 Å². The van der Waals surface area contributed by atoms with Gasteiger partial charge in [0.15, 0.2) is 0 Å². The summed E-state index contributed by atoms with van der Waals surface area (Å²) in [6.07, 6.45) is 0.382. The summed E-state index contributed by atoms with van der Waals surface area (Å²) in [5, 5.41) is 8.37. The number of rotatable bonds is 2. The highest BCUT2D eigenvalue weighted by Gasteiger charge is 2.06. The van der Waals surface area contributed by atoms with Crippen molar-refractivity contribution in [1.29, 1.82) is 5.26 Å². The third-order valence-corrected chi connectivity index (χ3v) is 3.03. The van der Waals surface area contributed by atoms with Crippen LogP contribution in [0.15, 0.2) is 15.9 Å². The molecule has 1 aromatic heterocycles. The van der Waals surface area contributed by atoms with Gasteiger partial charge >= 0.3 is 0 Å². The van der Waals surface area contributed by atoms with Crippen molar-refractivity contribution in [2.45, 2.75) is 12.5 Å². The van der Waals surface area contributed by atoms with Gasteiger partial charge in [-0.05, 0) is 28.1 Å². The summed E-state index contributed by atoms with van der Waals surface area (Å²) in [5.74, 6) is 0. The van der Waals surface area contributed by atoms with E-state index in [0.29, 0.717) is 6.42 Å². The van der Waals surface area contributed by atoms with Gasteiger partial charge in [0.1, 0.15) is 0 Å². The lowest BCUT2D eigenvalue weighted by Gasteiger charge is -2.01. The summed E-state index contributed by atoms with van der Waals surface area (Å²) in [4.78, 5) is 1.05. The molecule has 0 aromatic carbocycles. The number of nitrogens with zero attached hydrogens (tertiary/aromatic N) is 1. The molecule has 0 unspecified atom stereocenters. The predicted molar refractivity (Wildman–Crippen MR) is 56.4 cm³/mol. The summed E-state index contributed by atoms with van der Waals surface area (Å²) in [6, 6.07) is 5.80. The van der Waals surface area contributed by atoms with Crippen LogP contribution in [0, 0.1) is 11.3 Å². The smallest absolute Gasteiger partial charge is 0.0701 e. The minimum Gasteiger partial charge on any atom is -0.322 e. The van der Waals surface area contributed by atoms with E-state index in [1.807, 2.05) is 18.2 Å². The maximum Gasteiger partial charge on any atom is 0.0701 e. The van der Waals surface area contributed by atoms with Crippen molar-refractivity contribution in [2.24, 2.45) is 5.73 Å². The van der Waals surface area contributed by atoms with Crippen LogP contribution in [0.5, 0.6) is 0 Å². The zero-order valence-corrected chi connectivity index (χ0v) is 9.38. The van der Waals surface area contributed by atoms with Crippen LogP contribution in [-0.2, 0) is 0 Å². The molecule has 0 amide bonds. The molecule has 66 valence electrons. The maximum absolute atomic E-state index is 8.37. The number of nitriles is 1. The van der Waals surface area contributed by atoms with Crippen LogP contribution in [0.3, 0.4) is 0 Å². The number of halogens is 2. The van der Waals surface area contributed by atoms with Crippen LogP contribution in [0.1, 0.15) is 17.3 Å². The molecule has 0 aliphatic carbocycles. The van der Waals surface area contributed by atoms with E-state index in [1.165, 1.54) is 0 Å². The molecular formula is C7H8BrClN2S. The molecule has 1 aromatic rings. The molecule has 5 heteroatoms. The summed E-state index contributed by atoms with van der Waals surface area (Å²) in [5.41, 5.74) is 5.69. The minimum absolute atomic E-state index is 0. The van der Waals surface area contributed by atoms with Gasteiger partial charge in [-0.1, -0.05) is 0 Å². The monoisotopic (exact) mass is 266 g/mol. The highest BCUT2D eigenvalue weighted by molar-refractivity contribution is 9.11. The fourth-order valence-electron chi connectivity index (χ4n) is 0.727. The highest BCUT2D eigenvalue weighted by atomic mass is 79.9. The SMILES string of the molecule is Cl.N#CC[C@H](N)c1ccc(Br)s1. The predicted octanol–water partition coefficient (Wildman–Crippen LogP) is 2.85. The summed E-state index contributed by atoms with van der Waals surface area (Å²) >= 11 is 4.91. The molecule has 2 nitrogen and oxygen atoms in total. The van der Waals surface area contributed by atoms with Crippen molar-refractivity contribution >= 4 is 39.7 Å². The fraction of sp³-hybridized carbons (Fsp3) is 0.286. The first-order chi connectivity index (χ1) is 5.24. The Hall–Kier alpha value is -0.0800. The third-order valence-electron chi connectivity index (χ3n) is 1.27. The fourth-order valence-corrected chi connectivity index (χ4v) is 2.15. The number of hydrogen-bond acceptors (Lipinski definition) is 3. The van der Waals surface area contributed by atoms with Gasteiger partial charge in [0.25, 0.3) is 0 Å². The van der Waals surface area contributed by atoms with Crippen molar-refractivity contribution in [3.63, 3.8) is 0 Å². The Balaban J connectivity index is 0.00000121. The molecular weight excluding hydrogens is 260 g/mol. The Kier molecular flexibility index (Phi) is 5.51. The Bertz CT molecular complexity index is 281. The topological polar surface area (TPSA) is 49.8 Å². The van der Waals surface area contributed by atoms with Gasteiger partial charge < -0.3 is 5.73 Å². The van der Waals surface area contributed by atoms with E-state index < -0.39 is 0 Å². The normalized spacial score (nSPS) is 11.4. The number of thiophene rings is 1. The van der Waals surface area contributed by atoms with Crippen LogP contribution in [0.25, 0.3) is 0 Å². The van der Waals surface area contributed by atoms with Crippen LogP contribution < -0.4 is 5.73 Å². The average molecular weight is 268 g/mol. The van der Waals surface area contributed by atoms with Gasteiger partial charge in [0, 0.05) is 4.88 Å². The first-order valence-electron chi connectivity index (χ1n) is 3.12. The van der Waals surface area contributed by atoms with Crippen molar-refractivity contribution in [3.8, 4) is 6.07 Å². The lowest BCUT2D eigenvalue weighted by atomic mass is 10.2. The molecule has 0 saturated carbocycles. The van der Waals surface area contributed by atoms with Crippen molar-refractivity contribution in [3.05, 3.63) is 20.8 Å². The lowest BCUT2D eigenvalue weighted by molar-refractivity contribution is 0.765. The van der Waals surface area contributed by atoms with Crippen LogP contribution in [0.2, 0.25) is 0 Å². The second-order valence-corrected chi connectivity index (χ2v) is 4.61. The minimum atomic E-state index is -0.128. The van der Waals surface area contributed by atoms with Gasteiger partial charge in [-0.2, -0.15) is 5.26 Å². The zero-order chi connectivity index (χ0) is 8.27. The van der Waals surface area contributed by atoms with Crippen molar-refractivity contribution in [1.82, 2.24) is 0 Å².